The maximum absolute atomic E-state index is 11.2. The Hall–Kier alpha value is -0.350. The average Bonchev–Trinajstić information content (AvgIpc) is 1.96. The average molecular weight is 264 g/mol. The molecule has 1 atom stereocenters. The van der Waals surface area contributed by atoms with Crippen LogP contribution in [-0.2, 0) is 9.71 Å². The molecule has 0 aliphatic carbocycles. The van der Waals surface area contributed by atoms with Gasteiger partial charge < -0.3 is 0 Å². The molecule has 4 heteroatoms. The van der Waals surface area contributed by atoms with E-state index in [1.165, 1.54) is 6.26 Å². The fraction of sp³-hybridized carbons (Fsp3) is 0.333. The Morgan fingerprint density at radius 3 is 2.62 bits per heavy atom. The highest BCUT2D eigenvalue weighted by Gasteiger charge is 1.98. The molecule has 0 amide bonds. The smallest absolute Gasteiger partial charge is 0.0631 e. The van der Waals surface area contributed by atoms with Crippen molar-refractivity contribution in [2.24, 2.45) is 4.40 Å². The number of halogens is 1. The summed E-state index contributed by atoms with van der Waals surface area (Å²) in [6, 6.07) is 0. The lowest BCUT2D eigenvalue weighted by Crippen LogP contribution is -1.98. The zero-order valence-corrected chi connectivity index (χ0v) is 10.3. The molecule has 0 aromatic rings. The minimum atomic E-state index is -2.30. The molecular weight excluding hydrogens is 250 g/mol. The topological polar surface area (TPSA) is 29.4 Å². The van der Waals surface area contributed by atoms with Crippen LogP contribution >= 0.6 is 15.9 Å². The molecule has 0 radical (unpaired) electrons. The van der Waals surface area contributed by atoms with Crippen LogP contribution in [0.5, 0.6) is 0 Å². The third-order valence-corrected chi connectivity index (χ3v) is 2.70. The van der Waals surface area contributed by atoms with Crippen molar-refractivity contribution in [3.05, 3.63) is 23.2 Å². The van der Waals surface area contributed by atoms with Crippen LogP contribution in [0.15, 0.2) is 27.6 Å². The van der Waals surface area contributed by atoms with Gasteiger partial charge in [-0.15, -0.1) is 6.58 Å². The molecule has 0 aliphatic rings. The molecule has 74 valence electrons. The second kappa shape index (κ2) is 5.40. The molecule has 0 aromatic carbocycles. The fourth-order valence-corrected chi connectivity index (χ4v) is 1.74. The summed E-state index contributed by atoms with van der Waals surface area (Å²) >= 11 is 3.33. The summed E-state index contributed by atoms with van der Waals surface area (Å²) in [4.78, 5) is 0. The lowest BCUT2D eigenvalue weighted by atomic mass is 10.3. The third kappa shape index (κ3) is 6.78. The van der Waals surface area contributed by atoms with E-state index in [0.717, 1.165) is 10.9 Å². The molecule has 2 nitrogen and oxygen atoms in total. The van der Waals surface area contributed by atoms with Crippen LogP contribution in [0.3, 0.4) is 0 Å². The van der Waals surface area contributed by atoms with Gasteiger partial charge in [0.05, 0.1) is 15.4 Å². The standard InChI is InChI=1S/C9H14BrNOS/c1-5-6-7-9(10)8(2)11-13(3,4)12/h5,7H,1,3,6H2,2,4H3. The summed E-state index contributed by atoms with van der Waals surface area (Å²) in [6.07, 6.45) is 5.96. The molecule has 1 unspecified atom stereocenters. The summed E-state index contributed by atoms with van der Waals surface area (Å²) in [5.41, 5.74) is 0.698. The summed E-state index contributed by atoms with van der Waals surface area (Å²) in [7, 11) is -2.30. The number of rotatable bonds is 4. The monoisotopic (exact) mass is 263 g/mol. The van der Waals surface area contributed by atoms with E-state index in [9.17, 15) is 4.21 Å². The summed E-state index contributed by atoms with van der Waals surface area (Å²) in [5, 5.41) is 0. The number of nitrogens with zero attached hydrogens (tertiary/aromatic N) is 1. The molecule has 0 N–H and O–H groups in total. The largest absolute Gasteiger partial charge is 0.246 e. The molecule has 0 aliphatic heterocycles. The van der Waals surface area contributed by atoms with Gasteiger partial charge in [-0.3, -0.25) is 0 Å². The highest BCUT2D eigenvalue weighted by molar-refractivity contribution is 9.12. The van der Waals surface area contributed by atoms with Crippen LogP contribution in [0.1, 0.15) is 13.3 Å². The van der Waals surface area contributed by atoms with E-state index in [1.54, 1.807) is 13.0 Å². The molecular formula is C9H14BrNOS. The quantitative estimate of drug-likeness (QED) is 0.436. The SMILES string of the molecule is C=CCC=C(Br)C(C)=NS(=C)(C)=O. The predicted molar refractivity (Wildman–Crippen MR) is 66.1 cm³/mol. The summed E-state index contributed by atoms with van der Waals surface area (Å²) in [5.74, 6) is 3.45. The van der Waals surface area contributed by atoms with Crippen LogP contribution in [0, 0.1) is 0 Å². The normalized spacial score (nSPS) is 18.1. The fourth-order valence-electron chi connectivity index (χ4n) is 0.668. The number of allylic oxidation sites excluding steroid dienone is 3. The van der Waals surface area contributed by atoms with Crippen LogP contribution in [0.25, 0.3) is 0 Å². The lowest BCUT2D eigenvalue weighted by Gasteiger charge is -1.99. The van der Waals surface area contributed by atoms with Crippen molar-refractivity contribution in [1.82, 2.24) is 0 Å². The Labute approximate surface area is 88.7 Å². The van der Waals surface area contributed by atoms with Gasteiger partial charge in [0.1, 0.15) is 0 Å². The second-order valence-electron chi connectivity index (χ2n) is 2.71. The van der Waals surface area contributed by atoms with Crippen molar-refractivity contribution in [2.45, 2.75) is 13.3 Å². The first-order valence-electron chi connectivity index (χ1n) is 3.72. The van der Waals surface area contributed by atoms with Crippen molar-refractivity contribution in [3.8, 4) is 0 Å². The molecule has 0 saturated heterocycles. The van der Waals surface area contributed by atoms with Crippen molar-refractivity contribution >= 4 is 37.2 Å². The zero-order chi connectivity index (χ0) is 10.5. The maximum Gasteiger partial charge on any atom is 0.0631 e. The minimum absolute atomic E-state index is 0.698. The highest BCUT2D eigenvalue weighted by Crippen LogP contribution is 2.10. The van der Waals surface area contributed by atoms with Crippen LogP contribution in [-0.4, -0.2) is 22.0 Å². The van der Waals surface area contributed by atoms with Gasteiger partial charge in [-0.1, -0.05) is 12.2 Å². The van der Waals surface area contributed by atoms with Gasteiger partial charge in [0.2, 0.25) is 0 Å². The zero-order valence-electron chi connectivity index (χ0n) is 7.92. The van der Waals surface area contributed by atoms with Crippen LogP contribution in [0.4, 0.5) is 0 Å². The van der Waals surface area contributed by atoms with Gasteiger partial charge in [0, 0.05) is 10.7 Å². The summed E-state index contributed by atoms with van der Waals surface area (Å²) < 4.78 is 16.0. The molecule has 0 saturated carbocycles. The second-order valence-corrected chi connectivity index (χ2v) is 5.67. The van der Waals surface area contributed by atoms with Crippen LogP contribution in [0.2, 0.25) is 0 Å². The first-order valence-corrected chi connectivity index (χ1v) is 6.61. The molecule has 13 heavy (non-hydrogen) atoms. The lowest BCUT2D eigenvalue weighted by molar-refractivity contribution is 0.686. The molecule has 0 aromatic heterocycles. The van der Waals surface area contributed by atoms with Gasteiger partial charge in [-0.2, -0.15) is 4.40 Å². The summed E-state index contributed by atoms with van der Waals surface area (Å²) in [6.45, 7) is 5.38. The van der Waals surface area contributed by atoms with E-state index in [2.05, 4.69) is 32.8 Å². The maximum atomic E-state index is 11.2. The van der Waals surface area contributed by atoms with Gasteiger partial charge >= 0.3 is 0 Å². The van der Waals surface area contributed by atoms with E-state index in [4.69, 9.17) is 0 Å². The van der Waals surface area contributed by atoms with E-state index < -0.39 is 9.71 Å². The highest BCUT2D eigenvalue weighted by atomic mass is 79.9. The molecule has 0 heterocycles. The Kier molecular flexibility index (Phi) is 5.25. The van der Waals surface area contributed by atoms with E-state index in [1.807, 2.05) is 6.08 Å². The van der Waals surface area contributed by atoms with Crippen molar-refractivity contribution in [3.63, 3.8) is 0 Å². The first-order chi connectivity index (χ1) is 5.87. The van der Waals surface area contributed by atoms with Crippen molar-refractivity contribution in [2.75, 3.05) is 6.26 Å². The van der Waals surface area contributed by atoms with Crippen molar-refractivity contribution in [1.29, 1.82) is 0 Å². The number of hydrogen-bond donors (Lipinski definition) is 0. The Balaban J connectivity index is 4.70. The Morgan fingerprint density at radius 1 is 1.69 bits per heavy atom. The van der Waals surface area contributed by atoms with E-state index >= 15 is 0 Å². The Bertz CT molecular complexity index is 339. The van der Waals surface area contributed by atoms with Gasteiger partial charge in [-0.25, -0.2) is 4.21 Å². The predicted octanol–water partition coefficient (Wildman–Crippen LogP) is 2.56. The molecule has 0 rings (SSSR count). The van der Waals surface area contributed by atoms with Crippen molar-refractivity contribution < 1.29 is 4.21 Å². The van der Waals surface area contributed by atoms with E-state index in [-0.39, 0.29) is 0 Å². The molecule has 0 bridgehead atoms. The number of hydrogen-bond acceptors (Lipinski definition) is 1. The third-order valence-electron chi connectivity index (χ3n) is 1.14. The van der Waals surface area contributed by atoms with Gasteiger partial charge in [0.15, 0.2) is 0 Å². The van der Waals surface area contributed by atoms with Crippen LogP contribution < -0.4 is 0 Å². The first kappa shape index (κ1) is 12.7. The van der Waals surface area contributed by atoms with Gasteiger partial charge in [0.25, 0.3) is 0 Å². The Morgan fingerprint density at radius 2 is 2.23 bits per heavy atom. The van der Waals surface area contributed by atoms with Gasteiger partial charge in [-0.05, 0) is 35.1 Å². The minimum Gasteiger partial charge on any atom is -0.246 e. The molecule has 0 spiro atoms. The molecule has 0 fully saturated rings. The van der Waals surface area contributed by atoms with E-state index in [0.29, 0.717) is 5.71 Å².